The second-order valence-electron chi connectivity index (χ2n) is 8.20. The number of hydrogen-bond donors (Lipinski definition) is 0. The molecule has 0 saturated carbocycles. The fourth-order valence-electron chi connectivity index (χ4n) is 4.15. The van der Waals surface area contributed by atoms with Crippen LogP contribution in [0.2, 0.25) is 0 Å². The molecule has 178 valence electrons. The zero-order valence-electron chi connectivity index (χ0n) is 19.3. The van der Waals surface area contributed by atoms with Gasteiger partial charge in [-0.05, 0) is 29.8 Å². The fourth-order valence-corrected chi connectivity index (χ4v) is 4.15. The molecule has 2 amide bonds. The largest absolute Gasteiger partial charge is 0.486 e. The van der Waals surface area contributed by atoms with E-state index in [9.17, 15) is 9.59 Å². The zero-order valence-corrected chi connectivity index (χ0v) is 19.3. The van der Waals surface area contributed by atoms with E-state index < -0.39 is 0 Å². The van der Waals surface area contributed by atoms with Gasteiger partial charge in [0.1, 0.15) is 19.0 Å². The Morgan fingerprint density at radius 3 is 2.51 bits per heavy atom. The summed E-state index contributed by atoms with van der Waals surface area (Å²) in [5, 5.41) is 0. The first kappa shape index (κ1) is 22.5. The number of carbonyl (C=O) groups excluding carboxylic acids is 2. The van der Waals surface area contributed by atoms with E-state index >= 15 is 0 Å². The van der Waals surface area contributed by atoms with Crippen LogP contribution in [0.5, 0.6) is 17.2 Å². The van der Waals surface area contributed by atoms with Crippen LogP contribution in [0.4, 0.5) is 11.4 Å². The third kappa shape index (κ3) is 5.14. The summed E-state index contributed by atoms with van der Waals surface area (Å²) >= 11 is 0. The second-order valence-corrected chi connectivity index (χ2v) is 8.20. The highest BCUT2D eigenvalue weighted by atomic mass is 16.6. The molecular formula is C28H26N2O5. The van der Waals surface area contributed by atoms with Crippen molar-refractivity contribution in [3.63, 3.8) is 0 Å². The second kappa shape index (κ2) is 10.3. The monoisotopic (exact) mass is 470 g/mol. The Morgan fingerprint density at radius 1 is 0.886 bits per heavy atom. The Labute approximate surface area is 204 Å². The van der Waals surface area contributed by atoms with E-state index in [-0.39, 0.29) is 31.4 Å². The molecule has 2 heterocycles. The summed E-state index contributed by atoms with van der Waals surface area (Å²) in [7, 11) is 0. The quantitative estimate of drug-likeness (QED) is 0.515. The van der Waals surface area contributed by atoms with Crippen LogP contribution in [0.1, 0.15) is 12.0 Å². The summed E-state index contributed by atoms with van der Waals surface area (Å²) < 4.78 is 16.9. The van der Waals surface area contributed by atoms with Crippen molar-refractivity contribution in [2.24, 2.45) is 0 Å². The first-order chi connectivity index (χ1) is 17.2. The lowest BCUT2D eigenvalue weighted by Gasteiger charge is -2.30. The van der Waals surface area contributed by atoms with E-state index in [1.165, 1.54) is 0 Å². The van der Waals surface area contributed by atoms with Crippen molar-refractivity contribution in [1.82, 2.24) is 0 Å². The summed E-state index contributed by atoms with van der Waals surface area (Å²) in [5.74, 6) is 1.68. The SMILES string of the molecule is O=C(CCN1C(=O)COc2ccccc21)N(C/C=C/c1ccccc1)c1ccc2c(c1)OCCO2. The summed E-state index contributed by atoms with van der Waals surface area (Å²) in [6, 6.07) is 22.8. The summed E-state index contributed by atoms with van der Waals surface area (Å²) in [6.45, 7) is 1.58. The van der Waals surface area contributed by atoms with Crippen molar-refractivity contribution in [3.05, 3.63) is 84.4 Å². The Morgan fingerprint density at radius 2 is 1.66 bits per heavy atom. The van der Waals surface area contributed by atoms with Gasteiger partial charge in [-0.3, -0.25) is 9.59 Å². The highest BCUT2D eigenvalue weighted by Crippen LogP contribution is 2.35. The predicted molar refractivity (Wildman–Crippen MR) is 134 cm³/mol. The van der Waals surface area contributed by atoms with Crippen LogP contribution in [0.15, 0.2) is 78.9 Å². The maximum Gasteiger partial charge on any atom is 0.265 e. The summed E-state index contributed by atoms with van der Waals surface area (Å²) in [5.41, 5.74) is 2.45. The van der Waals surface area contributed by atoms with Gasteiger partial charge in [-0.15, -0.1) is 0 Å². The molecule has 2 aliphatic rings. The smallest absolute Gasteiger partial charge is 0.265 e. The number of hydrogen-bond acceptors (Lipinski definition) is 5. The molecule has 2 aliphatic heterocycles. The van der Waals surface area contributed by atoms with Crippen LogP contribution in [-0.4, -0.2) is 44.7 Å². The maximum atomic E-state index is 13.5. The number of fused-ring (bicyclic) bond motifs is 2. The number of amides is 2. The van der Waals surface area contributed by atoms with Gasteiger partial charge in [-0.25, -0.2) is 0 Å². The molecule has 3 aromatic rings. The number of ether oxygens (including phenoxy) is 3. The third-order valence-electron chi connectivity index (χ3n) is 5.89. The zero-order chi connectivity index (χ0) is 24.0. The maximum absolute atomic E-state index is 13.5. The van der Waals surface area contributed by atoms with Crippen molar-refractivity contribution in [2.45, 2.75) is 6.42 Å². The molecule has 0 bridgehead atoms. The van der Waals surface area contributed by atoms with Gasteiger partial charge in [0.15, 0.2) is 18.1 Å². The van der Waals surface area contributed by atoms with Gasteiger partial charge in [-0.2, -0.15) is 0 Å². The number of rotatable bonds is 7. The van der Waals surface area contributed by atoms with Crippen LogP contribution in [-0.2, 0) is 9.59 Å². The minimum Gasteiger partial charge on any atom is -0.486 e. The van der Waals surface area contributed by atoms with Crippen molar-refractivity contribution < 1.29 is 23.8 Å². The average Bonchev–Trinajstić information content (AvgIpc) is 2.91. The van der Waals surface area contributed by atoms with E-state index in [4.69, 9.17) is 14.2 Å². The van der Waals surface area contributed by atoms with E-state index in [2.05, 4.69) is 0 Å². The van der Waals surface area contributed by atoms with Crippen molar-refractivity contribution in [3.8, 4) is 17.2 Å². The van der Waals surface area contributed by atoms with Gasteiger partial charge in [0.05, 0.1) is 5.69 Å². The van der Waals surface area contributed by atoms with E-state index in [1.54, 1.807) is 9.80 Å². The van der Waals surface area contributed by atoms with Gasteiger partial charge in [0, 0.05) is 31.3 Å². The first-order valence-electron chi connectivity index (χ1n) is 11.6. The molecule has 7 heteroatoms. The molecule has 0 saturated heterocycles. The lowest BCUT2D eigenvalue weighted by molar-refractivity contribution is -0.121. The number of benzene rings is 3. The molecule has 7 nitrogen and oxygen atoms in total. The molecule has 0 N–H and O–H groups in total. The molecule has 0 aliphatic carbocycles. The Balaban J connectivity index is 1.35. The average molecular weight is 471 g/mol. The molecule has 0 radical (unpaired) electrons. The molecule has 0 aromatic heterocycles. The predicted octanol–water partition coefficient (Wildman–Crippen LogP) is 4.32. The fraction of sp³-hybridized carbons (Fsp3) is 0.214. The van der Waals surface area contributed by atoms with E-state index in [0.29, 0.717) is 48.4 Å². The minimum atomic E-state index is -0.161. The Kier molecular flexibility index (Phi) is 6.66. The number of nitrogens with zero attached hydrogens (tertiary/aromatic N) is 2. The Bertz CT molecular complexity index is 1240. The van der Waals surface area contributed by atoms with Gasteiger partial charge >= 0.3 is 0 Å². The highest BCUT2D eigenvalue weighted by molar-refractivity contribution is 5.99. The van der Waals surface area contributed by atoms with Crippen LogP contribution >= 0.6 is 0 Å². The van der Waals surface area contributed by atoms with Crippen LogP contribution in [0, 0.1) is 0 Å². The van der Waals surface area contributed by atoms with Crippen LogP contribution < -0.4 is 24.0 Å². The Hall–Kier alpha value is -4.26. The molecule has 35 heavy (non-hydrogen) atoms. The molecule has 0 atom stereocenters. The minimum absolute atomic E-state index is 0.0309. The first-order valence-corrected chi connectivity index (χ1v) is 11.6. The normalized spacial score (nSPS) is 14.4. The van der Waals surface area contributed by atoms with Gasteiger partial charge < -0.3 is 24.0 Å². The molecule has 3 aromatic carbocycles. The summed E-state index contributed by atoms with van der Waals surface area (Å²) in [6.07, 6.45) is 4.10. The molecule has 0 spiro atoms. The number of para-hydroxylation sites is 2. The van der Waals surface area contributed by atoms with Crippen molar-refractivity contribution in [1.29, 1.82) is 0 Å². The van der Waals surface area contributed by atoms with Gasteiger partial charge in [0.2, 0.25) is 5.91 Å². The molecule has 0 unspecified atom stereocenters. The standard InChI is InChI=1S/C28H26N2O5/c31-27(14-16-30-23-10-4-5-11-24(23)35-20-28(30)32)29(15-6-9-21-7-2-1-3-8-21)22-12-13-25-26(19-22)34-18-17-33-25/h1-13,19H,14-18,20H2/b9-6+. The van der Waals surface area contributed by atoms with Gasteiger partial charge in [-0.1, -0.05) is 54.6 Å². The summed E-state index contributed by atoms with van der Waals surface area (Å²) in [4.78, 5) is 29.3. The molecule has 5 rings (SSSR count). The topological polar surface area (TPSA) is 68.3 Å². The molecular weight excluding hydrogens is 444 g/mol. The van der Waals surface area contributed by atoms with Crippen molar-refractivity contribution in [2.75, 3.05) is 42.7 Å². The van der Waals surface area contributed by atoms with E-state index in [0.717, 1.165) is 5.56 Å². The number of carbonyl (C=O) groups is 2. The lowest BCUT2D eigenvalue weighted by atomic mass is 10.2. The molecule has 0 fully saturated rings. The highest BCUT2D eigenvalue weighted by Gasteiger charge is 2.27. The van der Waals surface area contributed by atoms with E-state index in [1.807, 2.05) is 84.9 Å². The van der Waals surface area contributed by atoms with Crippen LogP contribution in [0.3, 0.4) is 0 Å². The van der Waals surface area contributed by atoms with Crippen molar-refractivity contribution >= 4 is 29.3 Å². The van der Waals surface area contributed by atoms with Crippen LogP contribution in [0.25, 0.3) is 6.08 Å². The lowest BCUT2D eigenvalue weighted by Crippen LogP contribution is -2.41. The number of anilines is 2. The third-order valence-corrected chi connectivity index (χ3v) is 5.89. The van der Waals surface area contributed by atoms with Gasteiger partial charge in [0.25, 0.3) is 5.91 Å².